The smallest absolute Gasteiger partial charge is 0.303 e. The van der Waals surface area contributed by atoms with Crippen molar-refractivity contribution < 1.29 is 30.0 Å². The van der Waals surface area contributed by atoms with Crippen LogP contribution in [0, 0.1) is 0 Å². The van der Waals surface area contributed by atoms with Gasteiger partial charge in [0.05, 0.1) is 13.2 Å². The van der Waals surface area contributed by atoms with E-state index >= 15 is 0 Å². The van der Waals surface area contributed by atoms with Crippen molar-refractivity contribution in [2.24, 2.45) is 0 Å². The molecule has 0 amide bonds. The molecule has 4 N–H and O–H groups in total. The number of likely N-dealkylation sites (N-methyl/N-ethyl adjacent to an activating group) is 2. The molecule has 0 saturated carbocycles. The van der Waals surface area contributed by atoms with Gasteiger partial charge in [-0.25, -0.2) is 0 Å². The summed E-state index contributed by atoms with van der Waals surface area (Å²) in [5, 5.41) is 33.2. The molecule has 26 heavy (non-hydrogen) atoms. The molecule has 0 aromatic carbocycles. The van der Waals surface area contributed by atoms with Crippen LogP contribution in [0.3, 0.4) is 0 Å². The van der Waals surface area contributed by atoms with Crippen molar-refractivity contribution >= 4 is 11.9 Å². The second-order valence-electron chi connectivity index (χ2n) is 5.50. The summed E-state index contributed by atoms with van der Waals surface area (Å²) in [5.41, 5.74) is 0. The molecule has 0 saturated heterocycles. The summed E-state index contributed by atoms with van der Waals surface area (Å²) < 4.78 is 0. The van der Waals surface area contributed by atoms with Gasteiger partial charge >= 0.3 is 11.9 Å². The highest BCUT2D eigenvalue weighted by Crippen LogP contribution is 1.98. The first-order valence-corrected chi connectivity index (χ1v) is 9.42. The third-order valence-corrected chi connectivity index (χ3v) is 3.65. The maximum Gasteiger partial charge on any atom is 0.303 e. The van der Waals surface area contributed by atoms with Gasteiger partial charge < -0.3 is 30.2 Å². The van der Waals surface area contributed by atoms with Crippen LogP contribution in [0.15, 0.2) is 0 Å². The zero-order valence-corrected chi connectivity index (χ0v) is 17.0. The van der Waals surface area contributed by atoms with Crippen molar-refractivity contribution in [2.75, 3.05) is 52.5 Å². The number of aliphatic carboxylic acids is 2. The highest BCUT2D eigenvalue weighted by Gasteiger charge is 1.99. The molecule has 0 fully saturated rings. The van der Waals surface area contributed by atoms with E-state index in [4.69, 9.17) is 20.4 Å². The Bertz CT molecular complexity index is 278. The monoisotopic (exact) mass is 380 g/mol. The van der Waals surface area contributed by atoms with Gasteiger partial charge in [-0.15, -0.1) is 0 Å². The molecule has 0 spiro atoms. The number of nitrogens with zero attached hydrogens (tertiary/aromatic N) is 2. The van der Waals surface area contributed by atoms with Crippen molar-refractivity contribution in [1.82, 2.24) is 9.80 Å². The molecule has 0 heterocycles. The lowest BCUT2D eigenvalue weighted by molar-refractivity contribution is -0.139. The van der Waals surface area contributed by atoms with E-state index < -0.39 is 11.9 Å². The number of carboxylic acid groups (broad SMARTS) is 2. The SMILES string of the molecule is CCN(CC)CCO.CCN(CC)CCO.O=C(O)CCCCC(=O)O. The van der Waals surface area contributed by atoms with Gasteiger partial charge in [0.15, 0.2) is 0 Å². The second kappa shape index (κ2) is 23.8. The normalized spacial score (nSPS) is 10.0. The van der Waals surface area contributed by atoms with Gasteiger partial charge in [0.25, 0.3) is 0 Å². The average molecular weight is 381 g/mol. The third kappa shape index (κ3) is 27.6. The molecule has 0 aliphatic rings. The number of aliphatic hydroxyl groups is 2. The molecule has 8 nitrogen and oxygen atoms in total. The van der Waals surface area contributed by atoms with Gasteiger partial charge in [0, 0.05) is 25.9 Å². The summed E-state index contributed by atoms with van der Waals surface area (Å²) in [5.74, 6) is -1.74. The minimum Gasteiger partial charge on any atom is -0.481 e. The first-order chi connectivity index (χ1) is 12.3. The van der Waals surface area contributed by atoms with Crippen molar-refractivity contribution in [3.05, 3.63) is 0 Å². The summed E-state index contributed by atoms with van der Waals surface area (Å²) in [6, 6.07) is 0. The molecule has 0 bridgehead atoms. The van der Waals surface area contributed by atoms with Crippen LogP contribution >= 0.6 is 0 Å². The first-order valence-electron chi connectivity index (χ1n) is 9.42. The number of rotatable bonds is 13. The molecular formula is C18H40N2O6. The van der Waals surface area contributed by atoms with E-state index in [-0.39, 0.29) is 26.1 Å². The average Bonchev–Trinajstić information content (AvgIpc) is 2.62. The fourth-order valence-electron chi connectivity index (χ4n) is 1.91. The Balaban J connectivity index is -0.000000308. The zero-order valence-electron chi connectivity index (χ0n) is 17.0. The number of unbranched alkanes of at least 4 members (excludes halogenated alkanes) is 1. The lowest BCUT2D eigenvalue weighted by Crippen LogP contribution is -2.25. The Hall–Kier alpha value is -1.22. The Labute approximate surface area is 158 Å². The van der Waals surface area contributed by atoms with Gasteiger partial charge in [-0.2, -0.15) is 0 Å². The highest BCUT2D eigenvalue weighted by molar-refractivity contribution is 5.67. The molecule has 0 aliphatic carbocycles. The van der Waals surface area contributed by atoms with Crippen molar-refractivity contribution in [3.63, 3.8) is 0 Å². The number of aliphatic hydroxyl groups excluding tert-OH is 2. The van der Waals surface area contributed by atoms with Crippen LogP contribution < -0.4 is 0 Å². The van der Waals surface area contributed by atoms with Crippen molar-refractivity contribution in [1.29, 1.82) is 0 Å². The molecule has 0 rings (SSSR count). The molecule has 0 atom stereocenters. The van der Waals surface area contributed by atoms with E-state index in [1.807, 2.05) is 0 Å². The van der Waals surface area contributed by atoms with Crippen molar-refractivity contribution in [3.8, 4) is 0 Å². The summed E-state index contributed by atoms with van der Waals surface area (Å²) in [7, 11) is 0. The van der Waals surface area contributed by atoms with Crippen LogP contribution in [0.1, 0.15) is 53.4 Å². The number of carboxylic acids is 2. The summed E-state index contributed by atoms with van der Waals surface area (Å²) in [6.07, 6.45) is 1.02. The standard InChI is InChI=1S/2C6H15NO.C6H10O4/c2*1-3-7(4-2)5-6-8;7-5(8)3-1-2-4-6(9)10/h2*8H,3-6H2,1-2H3;1-4H2,(H,7,8)(H,9,10). The fourth-order valence-corrected chi connectivity index (χ4v) is 1.91. The molecule has 0 aromatic heterocycles. The summed E-state index contributed by atoms with van der Waals surface area (Å²) >= 11 is 0. The van der Waals surface area contributed by atoms with Gasteiger partial charge in [-0.1, -0.05) is 27.7 Å². The minimum absolute atomic E-state index is 0.0628. The largest absolute Gasteiger partial charge is 0.481 e. The molecule has 0 aromatic rings. The molecule has 0 aliphatic heterocycles. The predicted molar refractivity (Wildman–Crippen MR) is 103 cm³/mol. The van der Waals surface area contributed by atoms with Gasteiger partial charge in [0.1, 0.15) is 0 Å². The second-order valence-corrected chi connectivity index (χ2v) is 5.50. The van der Waals surface area contributed by atoms with Crippen LogP contribution in [0.25, 0.3) is 0 Å². The first kappa shape index (κ1) is 29.5. The Morgan fingerprint density at radius 2 is 0.923 bits per heavy atom. The molecular weight excluding hydrogens is 340 g/mol. The minimum atomic E-state index is -0.870. The van der Waals surface area contributed by atoms with E-state index in [1.54, 1.807) is 0 Å². The number of hydrogen-bond acceptors (Lipinski definition) is 6. The summed E-state index contributed by atoms with van der Waals surface area (Å²) in [6.45, 7) is 14.7. The maximum absolute atomic E-state index is 9.90. The van der Waals surface area contributed by atoms with E-state index in [1.165, 1.54) is 0 Å². The van der Waals surface area contributed by atoms with E-state index in [9.17, 15) is 9.59 Å². The third-order valence-electron chi connectivity index (χ3n) is 3.65. The molecule has 0 unspecified atom stereocenters. The Kier molecular flexibility index (Phi) is 27.0. The lowest BCUT2D eigenvalue weighted by Gasteiger charge is -2.15. The van der Waals surface area contributed by atoms with E-state index in [2.05, 4.69) is 37.5 Å². The number of carbonyl (C=O) groups is 2. The quantitative estimate of drug-likeness (QED) is 0.353. The van der Waals surface area contributed by atoms with E-state index in [0.29, 0.717) is 12.8 Å². The van der Waals surface area contributed by atoms with Crippen LogP contribution in [0.5, 0.6) is 0 Å². The lowest BCUT2D eigenvalue weighted by atomic mass is 10.2. The Morgan fingerprint density at radius 3 is 1.04 bits per heavy atom. The van der Waals surface area contributed by atoms with E-state index in [0.717, 1.165) is 39.3 Å². The Morgan fingerprint density at radius 1 is 0.654 bits per heavy atom. The summed E-state index contributed by atoms with van der Waals surface area (Å²) in [4.78, 5) is 24.2. The van der Waals surface area contributed by atoms with Crippen LogP contribution in [0.2, 0.25) is 0 Å². The molecule has 8 heteroatoms. The maximum atomic E-state index is 9.90. The topological polar surface area (TPSA) is 122 Å². The van der Waals surface area contributed by atoms with Gasteiger partial charge in [0.2, 0.25) is 0 Å². The van der Waals surface area contributed by atoms with Gasteiger partial charge in [-0.05, 0) is 39.0 Å². The van der Waals surface area contributed by atoms with Gasteiger partial charge in [-0.3, -0.25) is 9.59 Å². The fraction of sp³-hybridized carbons (Fsp3) is 0.889. The van der Waals surface area contributed by atoms with Crippen molar-refractivity contribution in [2.45, 2.75) is 53.4 Å². The van der Waals surface area contributed by atoms with Crippen LogP contribution in [-0.2, 0) is 9.59 Å². The number of hydrogen-bond donors (Lipinski definition) is 4. The highest BCUT2D eigenvalue weighted by atomic mass is 16.4. The van der Waals surface area contributed by atoms with Crippen LogP contribution in [0.4, 0.5) is 0 Å². The van der Waals surface area contributed by atoms with Crippen LogP contribution in [-0.4, -0.2) is 94.6 Å². The zero-order chi connectivity index (χ0) is 20.8. The molecule has 158 valence electrons. The predicted octanol–water partition coefficient (Wildman–Crippen LogP) is 1.36. The molecule has 0 radical (unpaired) electrons.